The maximum absolute atomic E-state index is 13.5. The van der Waals surface area contributed by atoms with Gasteiger partial charge >= 0.3 is 0 Å². The van der Waals surface area contributed by atoms with E-state index in [2.05, 4.69) is 31.1 Å². The summed E-state index contributed by atoms with van der Waals surface area (Å²) < 4.78 is 13.5. The van der Waals surface area contributed by atoms with Crippen molar-refractivity contribution in [3.05, 3.63) is 35.1 Å². The number of hydrogen-bond acceptors (Lipinski definition) is 2. The summed E-state index contributed by atoms with van der Waals surface area (Å²) in [5.41, 5.74) is 1.01. The summed E-state index contributed by atoms with van der Waals surface area (Å²) in [6.45, 7) is 7.74. The molecule has 1 amide bonds. The van der Waals surface area contributed by atoms with Gasteiger partial charge in [0.25, 0.3) is 5.91 Å². The average molecular weight is 280 g/mol. The highest BCUT2D eigenvalue weighted by Crippen LogP contribution is 2.09. The molecular formula is C16H25FN2O. The average Bonchev–Trinajstić information content (AvgIpc) is 2.40. The molecule has 0 saturated carbocycles. The molecule has 1 rings (SSSR count). The van der Waals surface area contributed by atoms with Crippen LogP contribution in [0, 0.1) is 12.7 Å². The number of carbonyl (C=O) groups is 1. The van der Waals surface area contributed by atoms with Gasteiger partial charge in [-0.3, -0.25) is 4.79 Å². The van der Waals surface area contributed by atoms with Gasteiger partial charge in [-0.05, 0) is 59.3 Å². The predicted octanol–water partition coefficient (Wildman–Crippen LogP) is 2.98. The summed E-state index contributed by atoms with van der Waals surface area (Å²) in [7, 11) is 2.09. The van der Waals surface area contributed by atoms with Gasteiger partial charge in [-0.25, -0.2) is 4.39 Å². The van der Waals surface area contributed by atoms with Crippen LogP contribution >= 0.6 is 0 Å². The monoisotopic (exact) mass is 280 g/mol. The zero-order chi connectivity index (χ0) is 15.1. The standard InChI is InChI=1S/C16H25FN2O/c1-12(2)19(4)10-6-5-9-18-16(20)14-11-13(3)7-8-15(14)17/h7-8,11-12H,5-6,9-10H2,1-4H3,(H,18,20). The van der Waals surface area contributed by atoms with E-state index in [-0.39, 0.29) is 11.5 Å². The zero-order valence-electron chi connectivity index (χ0n) is 12.9. The minimum atomic E-state index is -0.465. The van der Waals surface area contributed by atoms with Crippen LogP contribution in [0.25, 0.3) is 0 Å². The summed E-state index contributed by atoms with van der Waals surface area (Å²) >= 11 is 0. The van der Waals surface area contributed by atoms with Crippen molar-refractivity contribution in [3.8, 4) is 0 Å². The molecule has 0 heterocycles. The molecule has 112 valence electrons. The van der Waals surface area contributed by atoms with Gasteiger partial charge in [0.1, 0.15) is 5.82 Å². The molecule has 0 unspecified atom stereocenters. The van der Waals surface area contributed by atoms with Crippen LogP contribution in [0.2, 0.25) is 0 Å². The Kier molecular flexibility index (Phi) is 6.65. The number of nitrogens with one attached hydrogen (secondary N) is 1. The van der Waals surface area contributed by atoms with Gasteiger partial charge in [-0.1, -0.05) is 11.6 Å². The van der Waals surface area contributed by atoms with E-state index in [1.165, 1.54) is 6.07 Å². The molecule has 3 nitrogen and oxygen atoms in total. The lowest BCUT2D eigenvalue weighted by Gasteiger charge is -2.20. The summed E-state index contributed by atoms with van der Waals surface area (Å²) in [5.74, 6) is -0.795. The smallest absolute Gasteiger partial charge is 0.254 e. The SMILES string of the molecule is Cc1ccc(F)c(C(=O)NCCCCN(C)C(C)C)c1. The van der Waals surface area contributed by atoms with Crippen LogP contribution in [0.3, 0.4) is 0 Å². The fourth-order valence-corrected chi connectivity index (χ4v) is 1.85. The number of halogens is 1. The maximum atomic E-state index is 13.5. The topological polar surface area (TPSA) is 32.3 Å². The molecule has 1 aromatic carbocycles. The van der Waals surface area contributed by atoms with Gasteiger partial charge in [0.15, 0.2) is 0 Å². The number of rotatable bonds is 7. The van der Waals surface area contributed by atoms with E-state index in [4.69, 9.17) is 0 Å². The predicted molar refractivity (Wildman–Crippen MR) is 80.5 cm³/mol. The van der Waals surface area contributed by atoms with Crippen molar-refractivity contribution in [1.82, 2.24) is 10.2 Å². The van der Waals surface area contributed by atoms with Crippen LogP contribution in [-0.4, -0.2) is 37.0 Å². The normalized spacial score (nSPS) is 11.2. The lowest BCUT2D eigenvalue weighted by molar-refractivity contribution is 0.0948. The van der Waals surface area contributed by atoms with E-state index < -0.39 is 5.82 Å². The van der Waals surface area contributed by atoms with Crippen molar-refractivity contribution >= 4 is 5.91 Å². The van der Waals surface area contributed by atoms with Crippen molar-refractivity contribution in [2.75, 3.05) is 20.1 Å². The third-order valence-electron chi connectivity index (χ3n) is 3.47. The number of hydrogen-bond donors (Lipinski definition) is 1. The van der Waals surface area contributed by atoms with Crippen molar-refractivity contribution in [2.45, 2.75) is 39.7 Å². The second kappa shape index (κ2) is 8.00. The van der Waals surface area contributed by atoms with E-state index in [0.717, 1.165) is 24.9 Å². The van der Waals surface area contributed by atoms with Crippen LogP contribution in [-0.2, 0) is 0 Å². The van der Waals surface area contributed by atoms with Crippen LogP contribution in [0.5, 0.6) is 0 Å². The van der Waals surface area contributed by atoms with Crippen molar-refractivity contribution in [1.29, 1.82) is 0 Å². The first-order valence-electron chi connectivity index (χ1n) is 7.16. The molecule has 0 aromatic heterocycles. The molecule has 0 bridgehead atoms. The number of unbranched alkanes of at least 4 members (excludes halogenated alkanes) is 1. The molecule has 1 N–H and O–H groups in total. The summed E-state index contributed by atoms with van der Waals surface area (Å²) in [5, 5.41) is 2.77. The summed E-state index contributed by atoms with van der Waals surface area (Å²) in [6.07, 6.45) is 1.92. The number of amides is 1. The van der Waals surface area contributed by atoms with Crippen molar-refractivity contribution in [3.63, 3.8) is 0 Å². The summed E-state index contributed by atoms with van der Waals surface area (Å²) in [4.78, 5) is 14.1. The fourth-order valence-electron chi connectivity index (χ4n) is 1.85. The Balaban J connectivity index is 2.32. The third kappa shape index (κ3) is 5.29. The number of carbonyl (C=O) groups excluding carboxylic acids is 1. The Morgan fingerprint density at radius 2 is 2.05 bits per heavy atom. The van der Waals surface area contributed by atoms with Gasteiger partial charge < -0.3 is 10.2 Å². The molecular weight excluding hydrogens is 255 g/mol. The Hall–Kier alpha value is -1.42. The molecule has 0 aliphatic heterocycles. The van der Waals surface area contributed by atoms with Gasteiger partial charge in [-0.15, -0.1) is 0 Å². The molecule has 0 fully saturated rings. The highest BCUT2D eigenvalue weighted by atomic mass is 19.1. The van der Waals surface area contributed by atoms with E-state index in [1.54, 1.807) is 12.1 Å². The first-order chi connectivity index (χ1) is 9.41. The lowest BCUT2D eigenvalue weighted by Crippen LogP contribution is -2.29. The second-order valence-electron chi connectivity index (χ2n) is 5.52. The van der Waals surface area contributed by atoms with E-state index in [9.17, 15) is 9.18 Å². The van der Waals surface area contributed by atoms with E-state index >= 15 is 0 Å². The minimum absolute atomic E-state index is 0.129. The van der Waals surface area contributed by atoms with Crippen LogP contribution in [0.15, 0.2) is 18.2 Å². The Labute approximate surface area is 121 Å². The number of aryl methyl sites for hydroxylation is 1. The second-order valence-corrected chi connectivity index (χ2v) is 5.52. The third-order valence-corrected chi connectivity index (χ3v) is 3.47. The van der Waals surface area contributed by atoms with Gasteiger partial charge in [0.2, 0.25) is 0 Å². The minimum Gasteiger partial charge on any atom is -0.352 e. The first-order valence-corrected chi connectivity index (χ1v) is 7.16. The zero-order valence-corrected chi connectivity index (χ0v) is 12.9. The molecule has 1 aromatic rings. The lowest BCUT2D eigenvalue weighted by atomic mass is 10.1. The molecule has 0 aliphatic rings. The number of benzene rings is 1. The highest BCUT2D eigenvalue weighted by Gasteiger charge is 2.11. The van der Waals surface area contributed by atoms with Crippen molar-refractivity contribution in [2.24, 2.45) is 0 Å². The van der Waals surface area contributed by atoms with Gasteiger partial charge in [0, 0.05) is 12.6 Å². The largest absolute Gasteiger partial charge is 0.352 e. The quantitative estimate of drug-likeness (QED) is 0.779. The highest BCUT2D eigenvalue weighted by molar-refractivity contribution is 5.94. The molecule has 0 aliphatic carbocycles. The van der Waals surface area contributed by atoms with E-state index in [0.29, 0.717) is 12.6 Å². The molecule has 0 spiro atoms. The Morgan fingerprint density at radius 1 is 1.35 bits per heavy atom. The molecule has 20 heavy (non-hydrogen) atoms. The molecule has 0 atom stereocenters. The van der Waals surface area contributed by atoms with Gasteiger partial charge in [0.05, 0.1) is 5.56 Å². The number of nitrogens with zero attached hydrogens (tertiary/aromatic N) is 1. The molecule has 4 heteroatoms. The maximum Gasteiger partial charge on any atom is 0.254 e. The first kappa shape index (κ1) is 16.6. The van der Waals surface area contributed by atoms with Crippen molar-refractivity contribution < 1.29 is 9.18 Å². The van der Waals surface area contributed by atoms with Gasteiger partial charge in [-0.2, -0.15) is 0 Å². The van der Waals surface area contributed by atoms with Crippen LogP contribution in [0.1, 0.15) is 42.6 Å². The Bertz CT molecular complexity index is 446. The van der Waals surface area contributed by atoms with E-state index in [1.807, 2.05) is 6.92 Å². The van der Waals surface area contributed by atoms with Crippen LogP contribution in [0.4, 0.5) is 4.39 Å². The fraction of sp³-hybridized carbons (Fsp3) is 0.562. The van der Waals surface area contributed by atoms with Crippen LogP contribution < -0.4 is 5.32 Å². The Morgan fingerprint density at radius 3 is 2.70 bits per heavy atom. The molecule has 0 saturated heterocycles. The summed E-state index contributed by atoms with van der Waals surface area (Å²) in [6, 6.07) is 5.11. The molecule has 0 radical (unpaired) electrons.